The fraction of sp³-hybridized carbons (Fsp3) is 0.538. The quantitative estimate of drug-likeness (QED) is 0.771. The van der Waals surface area contributed by atoms with E-state index in [-0.39, 0.29) is 6.10 Å². The first kappa shape index (κ1) is 15.0. The summed E-state index contributed by atoms with van der Waals surface area (Å²) in [6.07, 6.45) is 2.94. The van der Waals surface area contributed by atoms with Gasteiger partial charge in [-0.15, -0.1) is 0 Å². The predicted molar refractivity (Wildman–Crippen MR) is 73.4 cm³/mol. The lowest BCUT2D eigenvalue weighted by Gasteiger charge is -2.10. The number of nitrogens with one attached hydrogen (secondary N) is 1. The van der Waals surface area contributed by atoms with Gasteiger partial charge < -0.3 is 4.74 Å². The summed E-state index contributed by atoms with van der Waals surface area (Å²) in [5.74, 6) is 0.860. The third-order valence-electron chi connectivity index (χ3n) is 2.28. The van der Waals surface area contributed by atoms with Crippen molar-refractivity contribution in [1.82, 2.24) is 4.72 Å². The Hall–Kier alpha value is -1.07. The van der Waals surface area contributed by atoms with Crippen LogP contribution in [0.5, 0.6) is 5.75 Å². The third-order valence-corrected chi connectivity index (χ3v) is 3.01. The minimum atomic E-state index is -3.08. The summed E-state index contributed by atoms with van der Waals surface area (Å²) in [6.45, 7) is 4.44. The van der Waals surface area contributed by atoms with Crippen molar-refractivity contribution in [1.29, 1.82) is 0 Å². The Morgan fingerprint density at radius 3 is 2.67 bits per heavy atom. The monoisotopic (exact) mass is 271 g/mol. The maximum atomic E-state index is 10.9. The fourth-order valence-corrected chi connectivity index (χ4v) is 2.11. The van der Waals surface area contributed by atoms with Crippen molar-refractivity contribution in [2.45, 2.75) is 32.8 Å². The van der Waals surface area contributed by atoms with Gasteiger partial charge in [-0.3, -0.25) is 0 Å². The number of aryl methyl sites for hydroxylation is 1. The lowest BCUT2D eigenvalue weighted by atomic mass is 10.1. The molecular weight excluding hydrogens is 250 g/mol. The zero-order valence-corrected chi connectivity index (χ0v) is 12.0. The molecule has 0 atom stereocenters. The highest BCUT2D eigenvalue weighted by Crippen LogP contribution is 2.15. The maximum Gasteiger partial charge on any atom is 0.208 e. The zero-order valence-electron chi connectivity index (χ0n) is 11.1. The van der Waals surface area contributed by atoms with Crippen LogP contribution in [0.25, 0.3) is 0 Å². The Morgan fingerprint density at radius 2 is 2.06 bits per heavy atom. The molecule has 0 aliphatic rings. The lowest BCUT2D eigenvalue weighted by molar-refractivity contribution is 0.242. The molecule has 0 unspecified atom stereocenters. The Balaban J connectivity index is 2.43. The molecule has 4 nitrogen and oxygen atoms in total. The van der Waals surface area contributed by atoms with Crippen LogP contribution in [-0.2, 0) is 16.4 Å². The molecule has 0 saturated carbocycles. The number of rotatable bonds is 7. The second kappa shape index (κ2) is 6.75. The minimum Gasteiger partial charge on any atom is -0.491 e. The minimum absolute atomic E-state index is 0.159. The summed E-state index contributed by atoms with van der Waals surface area (Å²) >= 11 is 0. The van der Waals surface area contributed by atoms with E-state index in [4.69, 9.17) is 4.74 Å². The molecule has 1 rings (SSSR count). The number of ether oxygens (including phenoxy) is 1. The third kappa shape index (κ3) is 6.61. The molecule has 0 aliphatic carbocycles. The van der Waals surface area contributed by atoms with Crippen LogP contribution >= 0.6 is 0 Å². The van der Waals surface area contributed by atoms with Gasteiger partial charge in [0.15, 0.2) is 0 Å². The fourth-order valence-electron chi connectivity index (χ4n) is 1.60. The van der Waals surface area contributed by atoms with E-state index >= 15 is 0 Å². The zero-order chi connectivity index (χ0) is 13.6. The topological polar surface area (TPSA) is 55.4 Å². The van der Waals surface area contributed by atoms with Gasteiger partial charge >= 0.3 is 0 Å². The van der Waals surface area contributed by atoms with Crippen molar-refractivity contribution in [3.63, 3.8) is 0 Å². The van der Waals surface area contributed by atoms with E-state index in [1.54, 1.807) is 0 Å². The molecule has 5 heteroatoms. The van der Waals surface area contributed by atoms with E-state index in [0.29, 0.717) is 6.54 Å². The van der Waals surface area contributed by atoms with Gasteiger partial charge in [-0.1, -0.05) is 12.1 Å². The molecule has 0 aliphatic heterocycles. The van der Waals surface area contributed by atoms with Crippen molar-refractivity contribution in [3.05, 3.63) is 29.8 Å². The van der Waals surface area contributed by atoms with Gasteiger partial charge in [0.1, 0.15) is 5.75 Å². The Kier molecular flexibility index (Phi) is 5.62. The van der Waals surface area contributed by atoms with E-state index in [1.165, 1.54) is 6.26 Å². The van der Waals surface area contributed by atoms with E-state index in [2.05, 4.69) is 4.72 Å². The standard InChI is InChI=1S/C13H21NO3S/c1-11(2)17-13-8-4-6-12(10-13)7-5-9-14-18(3,15)16/h4,6,8,10-11,14H,5,7,9H2,1-3H3. The Labute approximate surface area is 109 Å². The van der Waals surface area contributed by atoms with Crippen molar-refractivity contribution in [2.75, 3.05) is 12.8 Å². The molecule has 1 N–H and O–H groups in total. The second-order valence-electron chi connectivity index (χ2n) is 4.58. The number of hydrogen-bond acceptors (Lipinski definition) is 3. The molecule has 18 heavy (non-hydrogen) atoms. The van der Waals surface area contributed by atoms with E-state index in [1.807, 2.05) is 38.1 Å². The van der Waals surface area contributed by atoms with Gasteiger partial charge in [-0.25, -0.2) is 13.1 Å². The van der Waals surface area contributed by atoms with Gasteiger partial charge in [-0.2, -0.15) is 0 Å². The lowest BCUT2D eigenvalue weighted by Crippen LogP contribution is -2.23. The van der Waals surface area contributed by atoms with Crippen LogP contribution in [0.4, 0.5) is 0 Å². The van der Waals surface area contributed by atoms with Crippen LogP contribution in [0.2, 0.25) is 0 Å². The number of hydrogen-bond donors (Lipinski definition) is 1. The molecule has 1 aromatic carbocycles. The summed E-state index contributed by atoms with van der Waals surface area (Å²) in [4.78, 5) is 0. The SMILES string of the molecule is CC(C)Oc1cccc(CCCNS(C)(=O)=O)c1. The first-order chi connectivity index (χ1) is 8.37. The van der Waals surface area contributed by atoms with Crippen molar-refractivity contribution in [3.8, 4) is 5.75 Å². The van der Waals surface area contributed by atoms with Gasteiger partial charge in [0.05, 0.1) is 12.4 Å². The molecule has 1 aromatic rings. The molecule has 0 amide bonds. The summed E-state index contributed by atoms with van der Waals surface area (Å²) < 4.78 is 29.9. The largest absolute Gasteiger partial charge is 0.491 e. The smallest absolute Gasteiger partial charge is 0.208 e. The van der Waals surface area contributed by atoms with Gasteiger partial charge in [0, 0.05) is 6.54 Å². The summed E-state index contributed by atoms with van der Waals surface area (Å²) in [5, 5.41) is 0. The van der Waals surface area contributed by atoms with Crippen molar-refractivity contribution in [2.24, 2.45) is 0 Å². The molecule has 102 valence electrons. The summed E-state index contributed by atoms with van der Waals surface area (Å²) in [6, 6.07) is 7.91. The van der Waals surface area contributed by atoms with Gasteiger partial charge in [0.25, 0.3) is 0 Å². The highest BCUT2D eigenvalue weighted by Gasteiger charge is 2.01. The van der Waals surface area contributed by atoms with Crippen LogP contribution in [0.15, 0.2) is 24.3 Å². The Morgan fingerprint density at radius 1 is 1.33 bits per heavy atom. The van der Waals surface area contributed by atoms with Gasteiger partial charge in [-0.05, 0) is 44.4 Å². The highest BCUT2D eigenvalue weighted by atomic mass is 32.2. The van der Waals surface area contributed by atoms with Crippen LogP contribution < -0.4 is 9.46 Å². The Bertz CT molecular complexity index is 469. The van der Waals surface area contributed by atoms with Crippen LogP contribution in [0, 0.1) is 0 Å². The molecule has 0 radical (unpaired) electrons. The highest BCUT2D eigenvalue weighted by molar-refractivity contribution is 7.88. The second-order valence-corrected chi connectivity index (χ2v) is 6.42. The maximum absolute atomic E-state index is 10.9. The van der Waals surface area contributed by atoms with Crippen LogP contribution in [0.3, 0.4) is 0 Å². The van der Waals surface area contributed by atoms with Gasteiger partial charge in [0.2, 0.25) is 10.0 Å². The molecule has 0 spiro atoms. The van der Waals surface area contributed by atoms with Crippen LogP contribution in [-0.4, -0.2) is 27.3 Å². The first-order valence-corrected chi connectivity index (χ1v) is 7.96. The molecular formula is C13H21NO3S. The molecule has 0 bridgehead atoms. The van der Waals surface area contributed by atoms with E-state index in [0.717, 1.165) is 24.2 Å². The summed E-state index contributed by atoms with van der Waals surface area (Å²) in [7, 11) is -3.08. The molecule has 0 fully saturated rings. The summed E-state index contributed by atoms with van der Waals surface area (Å²) in [5.41, 5.74) is 1.16. The van der Waals surface area contributed by atoms with E-state index in [9.17, 15) is 8.42 Å². The molecule has 0 aromatic heterocycles. The van der Waals surface area contributed by atoms with Crippen molar-refractivity contribution < 1.29 is 13.2 Å². The van der Waals surface area contributed by atoms with E-state index < -0.39 is 10.0 Å². The number of benzene rings is 1. The normalized spacial score (nSPS) is 11.8. The number of sulfonamides is 1. The van der Waals surface area contributed by atoms with Crippen molar-refractivity contribution >= 4 is 10.0 Å². The average Bonchev–Trinajstić information content (AvgIpc) is 2.23. The molecule has 0 saturated heterocycles. The first-order valence-electron chi connectivity index (χ1n) is 6.07. The predicted octanol–water partition coefficient (Wildman–Crippen LogP) is 1.96. The molecule has 0 heterocycles. The van der Waals surface area contributed by atoms with Crippen LogP contribution in [0.1, 0.15) is 25.8 Å². The average molecular weight is 271 g/mol.